The fourth-order valence-corrected chi connectivity index (χ4v) is 3.39. The minimum Gasteiger partial charge on any atom is -0.379 e. The number of nitrogens with zero attached hydrogens (tertiary/aromatic N) is 3. The van der Waals surface area contributed by atoms with E-state index in [1.807, 2.05) is 18.5 Å². The fourth-order valence-electron chi connectivity index (χ4n) is 3.39. The van der Waals surface area contributed by atoms with Crippen LogP contribution < -0.4 is 10.6 Å². The van der Waals surface area contributed by atoms with Crippen LogP contribution in [0.1, 0.15) is 77.3 Å². The molecule has 0 saturated heterocycles. The second kappa shape index (κ2) is 23.9. The third kappa shape index (κ3) is 21.9. The molecule has 2 N–H and O–H groups in total. The molecule has 12 nitrogen and oxygen atoms in total. The molecule has 0 atom stereocenters. The summed E-state index contributed by atoms with van der Waals surface area (Å²) >= 11 is 0. The van der Waals surface area contributed by atoms with Crippen molar-refractivity contribution >= 4 is 29.6 Å². The molecule has 0 fully saturated rings. The van der Waals surface area contributed by atoms with Gasteiger partial charge >= 0.3 is 0 Å². The quantitative estimate of drug-likeness (QED) is 0.161. The van der Waals surface area contributed by atoms with Gasteiger partial charge in [0.25, 0.3) is 0 Å². The summed E-state index contributed by atoms with van der Waals surface area (Å²) in [5, 5.41) is 13.8. The number of ketones is 2. The summed E-state index contributed by atoms with van der Waals surface area (Å²) in [6.07, 6.45) is 11.7. The summed E-state index contributed by atoms with van der Waals surface area (Å²) in [7, 11) is 0. The maximum absolute atomic E-state index is 12.0. The van der Waals surface area contributed by atoms with Gasteiger partial charge in [-0.2, -0.15) is 0 Å². The molecule has 0 aliphatic carbocycles. The molecule has 0 spiro atoms. The average molecular weight is 566 g/mol. The molecule has 1 aromatic heterocycles. The van der Waals surface area contributed by atoms with E-state index in [4.69, 9.17) is 14.2 Å². The number of Topliss-reactive ketones (excluding diaryl/α,β-unsaturated/α-hetero) is 2. The fraction of sp³-hybridized carbons (Fsp3) is 0.714. The van der Waals surface area contributed by atoms with Crippen molar-refractivity contribution in [2.24, 2.45) is 0 Å². The Hall–Kier alpha value is -2.96. The number of rotatable bonds is 26. The number of hydrogen-bond donors (Lipinski definition) is 2. The molecule has 1 heterocycles. The van der Waals surface area contributed by atoms with Gasteiger partial charge in [-0.05, 0) is 52.4 Å². The Morgan fingerprint density at radius 2 is 1.32 bits per heavy atom. The minimum absolute atomic E-state index is 0.0106. The second-order valence-corrected chi connectivity index (χ2v) is 9.47. The van der Waals surface area contributed by atoms with E-state index in [1.165, 1.54) is 6.92 Å². The van der Waals surface area contributed by atoms with Crippen molar-refractivity contribution in [3.05, 3.63) is 18.0 Å². The van der Waals surface area contributed by atoms with Crippen molar-refractivity contribution < 1.29 is 33.4 Å². The molecule has 12 heteroatoms. The molecule has 2 amide bonds. The number of aromatic nitrogens is 3. The third-order valence-electron chi connectivity index (χ3n) is 5.58. The lowest BCUT2D eigenvalue weighted by Gasteiger charge is -2.08. The second-order valence-electron chi connectivity index (χ2n) is 9.47. The molecule has 0 unspecified atom stereocenters. The number of nitrogens with one attached hydrogen (secondary N) is 2. The first-order chi connectivity index (χ1) is 19.4. The lowest BCUT2D eigenvalue weighted by Crippen LogP contribution is -2.25. The summed E-state index contributed by atoms with van der Waals surface area (Å²) < 4.78 is 18.1. The largest absolute Gasteiger partial charge is 0.379 e. The molecule has 0 aliphatic rings. The van der Waals surface area contributed by atoms with E-state index in [1.54, 1.807) is 11.6 Å². The summed E-state index contributed by atoms with van der Waals surface area (Å²) in [4.78, 5) is 45.2. The maximum Gasteiger partial charge on any atom is 0.220 e. The first-order valence-electron chi connectivity index (χ1n) is 14.2. The van der Waals surface area contributed by atoms with Crippen LogP contribution in [0.2, 0.25) is 0 Å². The zero-order valence-corrected chi connectivity index (χ0v) is 24.2. The van der Waals surface area contributed by atoms with Gasteiger partial charge in [-0.15, -0.1) is 5.10 Å². The first-order valence-corrected chi connectivity index (χ1v) is 14.2. The van der Waals surface area contributed by atoms with E-state index >= 15 is 0 Å². The van der Waals surface area contributed by atoms with Gasteiger partial charge < -0.3 is 34.4 Å². The predicted molar refractivity (Wildman–Crippen MR) is 150 cm³/mol. The van der Waals surface area contributed by atoms with E-state index in [0.29, 0.717) is 84.8 Å². The van der Waals surface area contributed by atoms with Gasteiger partial charge in [0.1, 0.15) is 11.6 Å². The Morgan fingerprint density at radius 3 is 1.93 bits per heavy atom. The van der Waals surface area contributed by atoms with Crippen LogP contribution in [-0.4, -0.2) is 91.1 Å². The van der Waals surface area contributed by atoms with E-state index in [0.717, 1.165) is 25.0 Å². The summed E-state index contributed by atoms with van der Waals surface area (Å²) in [5.74, 6) is 0.113. The summed E-state index contributed by atoms with van der Waals surface area (Å²) in [5.41, 5.74) is 0.840. The Balaban J connectivity index is 1.86. The van der Waals surface area contributed by atoms with Gasteiger partial charge in [0.2, 0.25) is 11.8 Å². The number of unbranched alkanes of at least 4 members (excludes halogenated alkanes) is 1. The highest BCUT2D eigenvalue weighted by atomic mass is 16.5. The van der Waals surface area contributed by atoms with E-state index < -0.39 is 0 Å². The molecular formula is C28H47N5O7. The van der Waals surface area contributed by atoms with Crippen molar-refractivity contribution in [1.82, 2.24) is 25.6 Å². The van der Waals surface area contributed by atoms with Gasteiger partial charge in [0.05, 0.1) is 38.3 Å². The van der Waals surface area contributed by atoms with Gasteiger partial charge in [-0.3, -0.25) is 9.59 Å². The Labute approximate surface area is 237 Å². The highest BCUT2D eigenvalue weighted by Gasteiger charge is 2.04. The topological polar surface area (TPSA) is 151 Å². The molecule has 40 heavy (non-hydrogen) atoms. The Kier molecular flexibility index (Phi) is 20.9. The van der Waals surface area contributed by atoms with Crippen LogP contribution >= 0.6 is 0 Å². The van der Waals surface area contributed by atoms with Crippen molar-refractivity contribution in [3.8, 4) is 0 Å². The minimum atomic E-state index is -0.112. The Bertz CT molecular complexity index is 888. The van der Waals surface area contributed by atoms with Crippen molar-refractivity contribution in [1.29, 1.82) is 0 Å². The van der Waals surface area contributed by atoms with Gasteiger partial charge in [-0.1, -0.05) is 11.3 Å². The van der Waals surface area contributed by atoms with Crippen LogP contribution in [-0.2, 0) is 39.8 Å². The SMILES string of the molecule is CC(=O)CCCC=Cn1cc(CCCC(=O)NCCCOCCOCCOCCCNC(=O)CCC(C)=O)nn1. The highest BCUT2D eigenvalue weighted by molar-refractivity contribution is 5.83. The summed E-state index contributed by atoms with van der Waals surface area (Å²) in [6, 6.07) is 0. The summed E-state index contributed by atoms with van der Waals surface area (Å²) in [6.45, 7) is 7.14. The van der Waals surface area contributed by atoms with Gasteiger partial charge in [-0.25, -0.2) is 4.68 Å². The first kappa shape index (κ1) is 35.1. The lowest BCUT2D eigenvalue weighted by molar-refractivity contribution is -0.124. The molecule has 0 aromatic carbocycles. The average Bonchev–Trinajstić information content (AvgIpc) is 3.36. The maximum atomic E-state index is 12.0. The molecule has 0 bridgehead atoms. The van der Waals surface area contributed by atoms with Crippen molar-refractivity contribution in [3.63, 3.8) is 0 Å². The molecule has 226 valence electrons. The molecular weight excluding hydrogens is 518 g/mol. The molecule has 0 aliphatic heterocycles. The van der Waals surface area contributed by atoms with Crippen LogP contribution in [0.15, 0.2) is 12.3 Å². The van der Waals surface area contributed by atoms with Crippen LogP contribution in [0.25, 0.3) is 6.20 Å². The number of allylic oxidation sites excluding steroid dienone is 1. The smallest absolute Gasteiger partial charge is 0.220 e. The number of carbonyl (C=O) groups is 4. The van der Waals surface area contributed by atoms with Crippen molar-refractivity contribution in [2.45, 2.75) is 78.1 Å². The number of aryl methyl sites for hydroxylation is 1. The number of ether oxygens (including phenoxy) is 3. The monoisotopic (exact) mass is 565 g/mol. The zero-order valence-electron chi connectivity index (χ0n) is 24.2. The molecule has 1 rings (SSSR count). The number of hydrogen-bond acceptors (Lipinski definition) is 9. The van der Waals surface area contributed by atoms with Crippen LogP contribution in [0.5, 0.6) is 0 Å². The highest BCUT2D eigenvalue weighted by Crippen LogP contribution is 2.03. The molecule has 0 saturated carbocycles. The third-order valence-corrected chi connectivity index (χ3v) is 5.58. The standard InChI is InChI=1S/C28H47N5O7/c1-24(34)9-4-3-5-16-33-23-26(31-32-33)10-6-11-27(36)29-14-7-17-38-19-21-40-22-20-39-18-8-15-30-28(37)13-12-25(2)35/h5,16,23H,3-4,6-15,17-22H2,1-2H3,(H,29,36)(H,30,37). The van der Waals surface area contributed by atoms with Gasteiger partial charge in [0, 0.05) is 58.2 Å². The van der Waals surface area contributed by atoms with Crippen LogP contribution in [0, 0.1) is 0 Å². The zero-order chi connectivity index (χ0) is 29.3. The van der Waals surface area contributed by atoms with E-state index in [9.17, 15) is 19.2 Å². The predicted octanol–water partition coefficient (Wildman–Crippen LogP) is 2.26. The molecule has 0 radical (unpaired) electrons. The van der Waals surface area contributed by atoms with Crippen LogP contribution in [0.4, 0.5) is 0 Å². The van der Waals surface area contributed by atoms with E-state index in [2.05, 4.69) is 20.9 Å². The van der Waals surface area contributed by atoms with Crippen molar-refractivity contribution in [2.75, 3.05) is 52.7 Å². The van der Waals surface area contributed by atoms with Crippen LogP contribution in [0.3, 0.4) is 0 Å². The lowest BCUT2D eigenvalue weighted by atomic mass is 10.2. The van der Waals surface area contributed by atoms with Gasteiger partial charge in [0.15, 0.2) is 0 Å². The molecule has 1 aromatic rings. The van der Waals surface area contributed by atoms with E-state index in [-0.39, 0.29) is 36.2 Å². The number of carbonyl (C=O) groups excluding carboxylic acids is 4. The Morgan fingerprint density at radius 1 is 0.750 bits per heavy atom. The number of amides is 2. The normalized spacial score (nSPS) is 11.2.